The molecule has 0 saturated heterocycles. The lowest BCUT2D eigenvalue weighted by atomic mass is 10.0. The fraction of sp³-hybridized carbons (Fsp3) is 0.190. The van der Waals surface area contributed by atoms with Crippen LogP contribution in [0, 0.1) is 0 Å². The van der Waals surface area contributed by atoms with E-state index in [1.807, 2.05) is 60.9 Å². The Labute approximate surface area is 152 Å². The molecule has 2 aromatic carbocycles. The van der Waals surface area contributed by atoms with Gasteiger partial charge in [-0.05, 0) is 41.5 Å². The second-order valence-electron chi connectivity index (χ2n) is 5.66. The highest BCUT2D eigenvalue weighted by atomic mass is 16.5. The van der Waals surface area contributed by atoms with Gasteiger partial charge in [0.25, 0.3) is 0 Å². The van der Waals surface area contributed by atoms with Gasteiger partial charge < -0.3 is 19.7 Å². The number of benzene rings is 2. The number of aromatic nitrogens is 1. The summed E-state index contributed by atoms with van der Waals surface area (Å²) in [5.74, 6) is 1.45. The van der Waals surface area contributed by atoms with Crippen LogP contribution < -0.4 is 9.47 Å². The van der Waals surface area contributed by atoms with Crippen molar-refractivity contribution in [1.82, 2.24) is 4.98 Å². The van der Waals surface area contributed by atoms with Crippen molar-refractivity contribution < 1.29 is 19.7 Å². The van der Waals surface area contributed by atoms with Crippen LogP contribution in [0.3, 0.4) is 0 Å². The third kappa shape index (κ3) is 4.59. The van der Waals surface area contributed by atoms with E-state index in [9.17, 15) is 0 Å². The topological polar surface area (TPSA) is 71.8 Å². The summed E-state index contributed by atoms with van der Waals surface area (Å²) >= 11 is 0. The first kappa shape index (κ1) is 17.9. The van der Waals surface area contributed by atoms with Crippen molar-refractivity contribution in [3.8, 4) is 33.8 Å². The maximum Gasteiger partial charge on any atom is 0.119 e. The number of nitrogens with zero attached hydrogens (tertiary/aromatic N) is 1. The smallest absolute Gasteiger partial charge is 0.119 e. The van der Waals surface area contributed by atoms with Gasteiger partial charge in [0, 0.05) is 23.5 Å². The third-order valence-electron chi connectivity index (χ3n) is 3.83. The second kappa shape index (κ2) is 8.99. The Morgan fingerprint density at radius 2 is 1.04 bits per heavy atom. The number of aliphatic hydroxyl groups is 2. The van der Waals surface area contributed by atoms with Gasteiger partial charge in [0.05, 0.1) is 13.2 Å². The Bertz CT molecular complexity index is 749. The molecule has 1 heterocycles. The summed E-state index contributed by atoms with van der Waals surface area (Å²) in [7, 11) is 0. The summed E-state index contributed by atoms with van der Waals surface area (Å²) in [5, 5.41) is 17.6. The normalized spacial score (nSPS) is 10.5. The third-order valence-corrected chi connectivity index (χ3v) is 3.83. The van der Waals surface area contributed by atoms with Crippen molar-refractivity contribution in [2.75, 3.05) is 26.4 Å². The molecule has 1 aromatic heterocycles. The minimum Gasteiger partial charge on any atom is -0.491 e. The van der Waals surface area contributed by atoms with Crippen LogP contribution in [0.25, 0.3) is 22.3 Å². The number of pyridine rings is 1. The van der Waals surface area contributed by atoms with Crippen LogP contribution in [0.15, 0.2) is 67.0 Å². The zero-order chi connectivity index (χ0) is 18.2. The molecule has 2 N–H and O–H groups in total. The van der Waals surface area contributed by atoms with Crippen LogP contribution in [0.4, 0.5) is 0 Å². The molecule has 0 radical (unpaired) electrons. The van der Waals surface area contributed by atoms with E-state index in [1.54, 1.807) is 0 Å². The first-order valence-electron chi connectivity index (χ1n) is 8.43. The van der Waals surface area contributed by atoms with Crippen LogP contribution in [-0.2, 0) is 0 Å². The molecule has 0 aliphatic rings. The quantitative estimate of drug-likeness (QED) is 0.652. The van der Waals surface area contributed by atoms with Crippen LogP contribution in [0.1, 0.15) is 0 Å². The van der Waals surface area contributed by atoms with Gasteiger partial charge in [-0.3, -0.25) is 4.98 Å². The van der Waals surface area contributed by atoms with Crippen LogP contribution in [0.5, 0.6) is 11.5 Å². The predicted molar refractivity (Wildman–Crippen MR) is 100 cm³/mol. The maximum atomic E-state index is 8.81. The highest BCUT2D eigenvalue weighted by Gasteiger charge is 2.04. The summed E-state index contributed by atoms with van der Waals surface area (Å²) in [6.07, 6.45) is 3.65. The van der Waals surface area contributed by atoms with Crippen molar-refractivity contribution in [2.24, 2.45) is 0 Å². The molecule has 0 bridgehead atoms. The molecule has 0 saturated carbocycles. The van der Waals surface area contributed by atoms with E-state index in [4.69, 9.17) is 19.7 Å². The van der Waals surface area contributed by atoms with Crippen LogP contribution in [0.2, 0.25) is 0 Å². The van der Waals surface area contributed by atoms with E-state index in [0.717, 1.165) is 33.8 Å². The van der Waals surface area contributed by atoms with Gasteiger partial charge in [-0.25, -0.2) is 0 Å². The van der Waals surface area contributed by atoms with Gasteiger partial charge in [-0.1, -0.05) is 24.3 Å². The van der Waals surface area contributed by atoms with Gasteiger partial charge >= 0.3 is 0 Å². The Balaban J connectivity index is 1.77. The Hall–Kier alpha value is -2.89. The monoisotopic (exact) mass is 351 g/mol. The Morgan fingerprint density at radius 3 is 1.42 bits per heavy atom. The van der Waals surface area contributed by atoms with Crippen LogP contribution in [-0.4, -0.2) is 41.6 Å². The molecule has 0 amide bonds. The molecule has 5 heteroatoms. The van der Waals surface area contributed by atoms with E-state index in [0.29, 0.717) is 0 Å². The molecule has 0 fully saturated rings. The van der Waals surface area contributed by atoms with E-state index < -0.39 is 0 Å². The number of aliphatic hydroxyl groups excluding tert-OH is 2. The molecule has 26 heavy (non-hydrogen) atoms. The molecule has 3 rings (SSSR count). The highest BCUT2D eigenvalue weighted by molar-refractivity contribution is 5.72. The lowest BCUT2D eigenvalue weighted by Gasteiger charge is -2.08. The van der Waals surface area contributed by atoms with Gasteiger partial charge in [-0.15, -0.1) is 0 Å². The van der Waals surface area contributed by atoms with Crippen LogP contribution >= 0.6 is 0 Å². The van der Waals surface area contributed by atoms with Crippen molar-refractivity contribution in [1.29, 1.82) is 0 Å². The molecule has 0 aliphatic heterocycles. The van der Waals surface area contributed by atoms with E-state index >= 15 is 0 Å². The summed E-state index contributed by atoms with van der Waals surface area (Å²) in [6.45, 7) is 0.567. The fourth-order valence-corrected chi connectivity index (χ4v) is 2.57. The summed E-state index contributed by atoms with van der Waals surface area (Å²) in [6, 6.07) is 17.5. The molecule has 134 valence electrons. The van der Waals surface area contributed by atoms with Crippen molar-refractivity contribution in [3.05, 3.63) is 67.0 Å². The standard InChI is InChI=1S/C21H21NO4/c23-9-11-25-20-5-1-16(2-6-20)18-13-19(15-22-14-18)17-3-7-21(8-4-17)26-12-10-24/h1-8,13-15,23-24H,9-12H2. The zero-order valence-electron chi connectivity index (χ0n) is 14.3. The van der Waals surface area contributed by atoms with Crippen molar-refractivity contribution >= 4 is 0 Å². The molecule has 3 aromatic rings. The molecule has 0 unspecified atom stereocenters. The zero-order valence-corrected chi connectivity index (χ0v) is 14.3. The molecule has 0 spiro atoms. The largest absolute Gasteiger partial charge is 0.491 e. The summed E-state index contributed by atoms with van der Waals surface area (Å²) < 4.78 is 10.8. The van der Waals surface area contributed by atoms with E-state index in [1.165, 1.54) is 0 Å². The van der Waals surface area contributed by atoms with Gasteiger partial charge in [0.1, 0.15) is 24.7 Å². The molecule has 0 aliphatic carbocycles. The SMILES string of the molecule is OCCOc1ccc(-c2cncc(-c3ccc(OCCO)cc3)c2)cc1. The van der Waals surface area contributed by atoms with Crippen molar-refractivity contribution in [3.63, 3.8) is 0 Å². The average Bonchev–Trinajstić information content (AvgIpc) is 2.71. The highest BCUT2D eigenvalue weighted by Crippen LogP contribution is 2.27. The summed E-state index contributed by atoms with van der Waals surface area (Å²) in [5.41, 5.74) is 4.10. The maximum absolute atomic E-state index is 8.81. The number of rotatable bonds is 8. The number of hydrogen-bond donors (Lipinski definition) is 2. The van der Waals surface area contributed by atoms with Crippen molar-refractivity contribution in [2.45, 2.75) is 0 Å². The molecule has 0 atom stereocenters. The number of hydrogen-bond acceptors (Lipinski definition) is 5. The lowest BCUT2D eigenvalue weighted by Crippen LogP contribution is -2.01. The number of ether oxygens (including phenoxy) is 2. The molecular formula is C21H21NO4. The van der Waals surface area contributed by atoms with Gasteiger partial charge in [0.15, 0.2) is 0 Å². The van der Waals surface area contributed by atoms with E-state index in [-0.39, 0.29) is 26.4 Å². The minimum absolute atomic E-state index is 0.00243. The average molecular weight is 351 g/mol. The summed E-state index contributed by atoms with van der Waals surface area (Å²) in [4.78, 5) is 4.35. The Morgan fingerprint density at radius 1 is 0.615 bits per heavy atom. The second-order valence-corrected chi connectivity index (χ2v) is 5.66. The first-order valence-corrected chi connectivity index (χ1v) is 8.43. The first-order chi connectivity index (χ1) is 12.8. The predicted octanol–water partition coefficient (Wildman–Crippen LogP) is 3.16. The Kier molecular flexibility index (Phi) is 6.19. The molecule has 5 nitrogen and oxygen atoms in total. The van der Waals surface area contributed by atoms with Gasteiger partial charge in [0.2, 0.25) is 0 Å². The van der Waals surface area contributed by atoms with Gasteiger partial charge in [-0.2, -0.15) is 0 Å². The fourth-order valence-electron chi connectivity index (χ4n) is 2.57. The minimum atomic E-state index is -0.00243. The lowest BCUT2D eigenvalue weighted by molar-refractivity contribution is 0.201. The molecular weight excluding hydrogens is 330 g/mol. The van der Waals surface area contributed by atoms with E-state index in [2.05, 4.69) is 11.1 Å².